The molecule has 1 rings (SSSR count). The lowest BCUT2D eigenvalue weighted by Gasteiger charge is -2.10. The topological polar surface area (TPSA) is 63.6 Å². The minimum absolute atomic E-state index is 0.00636. The fraction of sp³-hybridized carbons (Fsp3) is 0.455. The highest BCUT2D eigenvalue weighted by molar-refractivity contribution is 7.85. The van der Waals surface area contributed by atoms with Crippen LogP contribution >= 0.6 is 11.6 Å². The van der Waals surface area contributed by atoms with Crippen LogP contribution in [0.15, 0.2) is 24.3 Å². The van der Waals surface area contributed by atoms with Gasteiger partial charge >= 0.3 is 0 Å². The minimum Gasteiger partial charge on any atom is -0.393 e. The first-order chi connectivity index (χ1) is 7.87. The molecule has 0 saturated heterocycles. The number of aliphatic hydroxyl groups excluding tert-OH is 1. The van der Waals surface area contributed by atoms with E-state index in [9.17, 15) is 13.5 Å². The molecule has 1 aromatic rings. The van der Waals surface area contributed by atoms with Gasteiger partial charge in [-0.15, -0.1) is 0 Å². The van der Waals surface area contributed by atoms with Crippen molar-refractivity contribution >= 4 is 21.7 Å². The summed E-state index contributed by atoms with van der Waals surface area (Å²) in [6.45, 7) is -0.00636. The molecule has 0 heterocycles. The van der Waals surface area contributed by atoms with E-state index in [1.165, 1.54) is 0 Å². The van der Waals surface area contributed by atoms with Gasteiger partial charge in [0.1, 0.15) is 0 Å². The number of benzene rings is 1. The van der Waals surface area contributed by atoms with Crippen molar-refractivity contribution in [3.63, 3.8) is 0 Å². The van der Waals surface area contributed by atoms with E-state index in [4.69, 9.17) is 11.6 Å². The molecule has 0 spiro atoms. The zero-order valence-electron chi connectivity index (χ0n) is 9.47. The van der Waals surface area contributed by atoms with Gasteiger partial charge in [-0.3, -0.25) is 4.18 Å². The molecular formula is C11H15ClO4S. The molecule has 96 valence electrons. The fourth-order valence-electron chi connectivity index (χ4n) is 1.33. The molecule has 0 amide bonds. The third-order valence-corrected chi connectivity index (χ3v) is 2.98. The third-order valence-electron chi connectivity index (χ3n) is 2.13. The Hall–Kier alpha value is -0.620. The molecule has 6 heteroatoms. The molecule has 0 aliphatic rings. The van der Waals surface area contributed by atoms with Crippen LogP contribution in [0.3, 0.4) is 0 Å². The quantitative estimate of drug-likeness (QED) is 0.803. The lowest BCUT2D eigenvalue weighted by Crippen LogP contribution is -2.15. The SMILES string of the molecule is CS(=O)(=O)OCCC(O)Cc1ccc(Cl)cc1. The fourth-order valence-corrected chi connectivity index (χ4v) is 1.86. The summed E-state index contributed by atoms with van der Waals surface area (Å²) in [6, 6.07) is 7.14. The average Bonchev–Trinajstić information content (AvgIpc) is 2.19. The van der Waals surface area contributed by atoms with Crippen LogP contribution in [-0.2, 0) is 20.7 Å². The first-order valence-electron chi connectivity index (χ1n) is 5.14. The van der Waals surface area contributed by atoms with E-state index in [1.807, 2.05) is 12.1 Å². The molecule has 0 radical (unpaired) electrons. The van der Waals surface area contributed by atoms with Crippen molar-refractivity contribution in [3.8, 4) is 0 Å². The van der Waals surface area contributed by atoms with Crippen LogP contribution in [0.1, 0.15) is 12.0 Å². The summed E-state index contributed by atoms with van der Waals surface area (Å²) >= 11 is 5.73. The highest BCUT2D eigenvalue weighted by Crippen LogP contribution is 2.12. The van der Waals surface area contributed by atoms with E-state index < -0.39 is 16.2 Å². The first kappa shape index (κ1) is 14.4. The normalized spacial score (nSPS) is 13.6. The predicted octanol–water partition coefficient (Wildman–Crippen LogP) is 1.61. The molecule has 4 nitrogen and oxygen atoms in total. The van der Waals surface area contributed by atoms with Gasteiger partial charge in [0.15, 0.2) is 0 Å². The Balaban J connectivity index is 2.34. The smallest absolute Gasteiger partial charge is 0.264 e. The Morgan fingerprint density at radius 1 is 1.35 bits per heavy atom. The minimum atomic E-state index is -3.43. The van der Waals surface area contributed by atoms with E-state index in [2.05, 4.69) is 4.18 Å². The Bertz CT molecular complexity index is 441. The third kappa shape index (κ3) is 6.63. The maximum Gasteiger partial charge on any atom is 0.264 e. The second-order valence-corrected chi connectivity index (χ2v) is 5.88. The number of hydrogen-bond donors (Lipinski definition) is 1. The van der Waals surface area contributed by atoms with E-state index in [-0.39, 0.29) is 13.0 Å². The Kier molecular flexibility index (Phi) is 5.39. The van der Waals surface area contributed by atoms with Crippen LogP contribution in [0, 0.1) is 0 Å². The molecule has 0 saturated carbocycles. The molecule has 0 aromatic heterocycles. The number of aliphatic hydroxyl groups is 1. The van der Waals surface area contributed by atoms with Gasteiger partial charge in [0.2, 0.25) is 0 Å². The van der Waals surface area contributed by atoms with Gasteiger partial charge in [-0.2, -0.15) is 8.42 Å². The van der Waals surface area contributed by atoms with Gasteiger partial charge < -0.3 is 5.11 Å². The number of halogens is 1. The predicted molar refractivity (Wildman–Crippen MR) is 66.6 cm³/mol. The molecular weight excluding hydrogens is 264 g/mol. The standard InChI is InChI=1S/C11H15ClO4S/c1-17(14,15)16-7-6-11(13)8-9-2-4-10(12)5-3-9/h2-5,11,13H,6-8H2,1H3. The summed E-state index contributed by atoms with van der Waals surface area (Å²) in [6.07, 6.45) is 1.08. The molecule has 1 unspecified atom stereocenters. The molecule has 0 aliphatic carbocycles. The zero-order chi connectivity index (χ0) is 12.9. The van der Waals surface area contributed by atoms with Gasteiger partial charge in [0.05, 0.1) is 19.0 Å². The molecule has 17 heavy (non-hydrogen) atoms. The Labute approximate surface area is 106 Å². The lowest BCUT2D eigenvalue weighted by atomic mass is 10.1. The molecule has 0 bridgehead atoms. The van der Waals surface area contributed by atoms with Gasteiger partial charge in [0, 0.05) is 5.02 Å². The second kappa shape index (κ2) is 6.35. The van der Waals surface area contributed by atoms with Crippen LogP contribution < -0.4 is 0 Å². The maximum atomic E-state index is 10.7. The first-order valence-corrected chi connectivity index (χ1v) is 7.33. The Morgan fingerprint density at radius 3 is 2.47 bits per heavy atom. The van der Waals surface area contributed by atoms with Crippen molar-refractivity contribution < 1.29 is 17.7 Å². The number of hydrogen-bond acceptors (Lipinski definition) is 4. The summed E-state index contributed by atoms with van der Waals surface area (Å²) < 4.78 is 25.9. The highest BCUT2D eigenvalue weighted by atomic mass is 35.5. The van der Waals surface area contributed by atoms with E-state index in [1.54, 1.807) is 12.1 Å². The maximum absolute atomic E-state index is 10.7. The van der Waals surface area contributed by atoms with Crippen molar-refractivity contribution in [2.45, 2.75) is 18.9 Å². The highest BCUT2D eigenvalue weighted by Gasteiger charge is 2.08. The van der Waals surface area contributed by atoms with E-state index in [0.29, 0.717) is 11.4 Å². The summed E-state index contributed by atoms with van der Waals surface area (Å²) in [5.74, 6) is 0. The van der Waals surface area contributed by atoms with Gasteiger partial charge in [0.25, 0.3) is 10.1 Å². The molecule has 1 atom stereocenters. The Morgan fingerprint density at radius 2 is 1.94 bits per heavy atom. The summed E-state index contributed by atoms with van der Waals surface area (Å²) in [4.78, 5) is 0. The zero-order valence-corrected chi connectivity index (χ0v) is 11.0. The largest absolute Gasteiger partial charge is 0.393 e. The molecule has 1 N–H and O–H groups in total. The van der Waals surface area contributed by atoms with E-state index in [0.717, 1.165) is 11.8 Å². The molecule has 1 aromatic carbocycles. The van der Waals surface area contributed by atoms with Crippen molar-refractivity contribution in [1.82, 2.24) is 0 Å². The lowest BCUT2D eigenvalue weighted by molar-refractivity contribution is 0.141. The summed E-state index contributed by atoms with van der Waals surface area (Å²) in [7, 11) is -3.43. The van der Waals surface area contributed by atoms with Crippen LogP contribution in [0.25, 0.3) is 0 Å². The summed E-state index contributed by atoms with van der Waals surface area (Å²) in [5, 5.41) is 10.3. The van der Waals surface area contributed by atoms with Crippen LogP contribution in [0.5, 0.6) is 0 Å². The van der Waals surface area contributed by atoms with Crippen LogP contribution in [-0.4, -0.2) is 32.5 Å². The van der Waals surface area contributed by atoms with Gasteiger partial charge in [-0.05, 0) is 30.5 Å². The monoisotopic (exact) mass is 278 g/mol. The summed E-state index contributed by atoms with van der Waals surface area (Å²) in [5.41, 5.74) is 0.946. The second-order valence-electron chi connectivity index (χ2n) is 3.80. The van der Waals surface area contributed by atoms with Crippen molar-refractivity contribution in [1.29, 1.82) is 0 Å². The van der Waals surface area contributed by atoms with Crippen LogP contribution in [0.2, 0.25) is 5.02 Å². The van der Waals surface area contributed by atoms with Crippen molar-refractivity contribution in [2.75, 3.05) is 12.9 Å². The van der Waals surface area contributed by atoms with Crippen molar-refractivity contribution in [2.24, 2.45) is 0 Å². The van der Waals surface area contributed by atoms with E-state index >= 15 is 0 Å². The number of rotatable bonds is 6. The van der Waals surface area contributed by atoms with Gasteiger partial charge in [-0.1, -0.05) is 23.7 Å². The average molecular weight is 279 g/mol. The van der Waals surface area contributed by atoms with Gasteiger partial charge in [-0.25, -0.2) is 0 Å². The molecule has 0 fully saturated rings. The van der Waals surface area contributed by atoms with Crippen molar-refractivity contribution in [3.05, 3.63) is 34.9 Å². The van der Waals surface area contributed by atoms with Crippen LogP contribution in [0.4, 0.5) is 0 Å². The molecule has 0 aliphatic heterocycles.